The molecule has 1 aliphatic carbocycles. The summed E-state index contributed by atoms with van der Waals surface area (Å²) in [7, 11) is 0. The van der Waals surface area contributed by atoms with Gasteiger partial charge in [0, 0.05) is 43.1 Å². The number of rotatable bonds is 5. The molecule has 3 aromatic rings. The van der Waals surface area contributed by atoms with E-state index in [9.17, 15) is 4.79 Å². The zero-order valence-corrected chi connectivity index (χ0v) is 21.3. The van der Waals surface area contributed by atoms with E-state index in [0.717, 1.165) is 60.3 Å². The van der Waals surface area contributed by atoms with Crippen LogP contribution in [0.25, 0.3) is 16.3 Å². The number of anilines is 1. The van der Waals surface area contributed by atoms with Gasteiger partial charge in [0.05, 0.1) is 5.39 Å². The Bertz CT molecular complexity index is 1190. The van der Waals surface area contributed by atoms with Crippen molar-refractivity contribution < 1.29 is 4.79 Å². The minimum absolute atomic E-state index is 0.0820. The maximum absolute atomic E-state index is 12.8. The summed E-state index contributed by atoms with van der Waals surface area (Å²) in [5.41, 5.74) is 2.53. The van der Waals surface area contributed by atoms with E-state index in [1.165, 1.54) is 22.2 Å². The van der Waals surface area contributed by atoms with Crippen molar-refractivity contribution in [2.24, 2.45) is 5.92 Å². The first-order valence-electron chi connectivity index (χ1n) is 12.6. The largest absolute Gasteiger partial charge is 0.352 e. The number of hydrogen-bond acceptors (Lipinski definition) is 5. The second kappa shape index (κ2) is 9.87. The number of thiophene rings is 1. The van der Waals surface area contributed by atoms with Gasteiger partial charge in [-0.2, -0.15) is 0 Å². The zero-order chi connectivity index (χ0) is 23.7. The van der Waals surface area contributed by atoms with Gasteiger partial charge in [-0.1, -0.05) is 51.1 Å². The highest BCUT2D eigenvalue weighted by Crippen LogP contribution is 2.41. The lowest BCUT2D eigenvalue weighted by Crippen LogP contribution is -2.48. The van der Waals surface area contributed by atoms with Crippen molar-refractivity contribution in [3.8, 4) is 0 Å². The van der Waals surface area contributed by atoms with E-state index < -0.39 is 0 Å². The topological polar surface area (TPSA) is 49.3 Å². The predicted molar refractivity (Wildman–Crippen MR) is 142 cm³/mol. The lowest BCUT2D eigenvalue weighted by atomic mass is 9.89. The molecule has 2 aliphatic rings. The van der Waals surface area contributed by atoms with Crippen molar-refractivity contribution in [1.29, 1.82) is 0 Å². The highest BCUT2D eigenvalue weighted by molar-refractivity contribution is 7.19. The van der Waals surface area contributed by atoms with Crippen molar-refractivity contribution in [1.82, 2.24) is 14.9 Å². The Kier molecular flexibility index (Phi) is 6.68. The van der Waals surface area contributed by atoms with Gasteiger partial charge in [0.15, 0.2) is 0 Å². The summed E-state index contributed by atoms with van der Waals surface area (Å²) in [6.07, 6.45) is 8.15. The molecule has 0 N–H and O–H groups in total. The average Bonchev–Trinajstić information content (AvgIpc) is 3.24. The molecule has 178 valence electrons. The van der Waals surface area contributed by atoms with Crippen LogP contribution in [0, 0.1) is 5.92 Å². The summed E-state index contributed by atoms with van der Waals surface area (Å²) in [5, 5.41) is 1.28. The Morgan fingerprint density at radius 2 is 1.94 bits per heavy atom. The van der Waals surface area contributed by atoms with Gasteiger partial charge in [0.1, 0.15) is 16.5 Å². The molecular weight excluding hydrogens is 440 g/mol. The summed E-state index contributed by atoms with van der Waals surface area (Å²) < 4.78 is 0. The number of aryl methyl sites for hydroxylation is 1. The van der Waals surface area contributed by atoms with E-state index in [2.05, 4.69) is 25.7 Å². The van der Waals surface area contributed by atoms with Gasteiger partial charge in [-0.05, 0) is 48.8 Å². The smallest absolute Gasteiger partial charge is 0.246 e. The van der Waals surface area contributed by atoms with Crippen molar-refractivity contribution >= 4 is 39.4 Å². The quantitative estimate of drug-likeness (QED) is 0.446. The van der Waals surface area contributed by atoms with Crippen molar-refractivity contribution in [3.63, 3.8) is 0 Å². The Labute approximate surface area is 206 Å². The van der Waals surface area contributed by atoms with Crippen LogP contribution in [-0.2, 0) is 17.6 Å². The van der Waals surface area contributed by atoms with Crippen molar-refractivity contribution in [2.45, 2.75) is 52.4 Å². The predicted octanol–water partition coefficient (Wildman–Crippen LogP) is 5.69. The van der Waals surface area contributed by atoms with Gasteiger partial charge in [-0.25, -0.2) is 9.97 Å². The average molecular weight is 475 g/mol. The lowest BCUT2D eigenvalue weighted by Gasteiger charge is -2.35. The Morgan fingerprint density at radius 1 is 1.18 bits per heavy atom. The maximum atomic E-state index is 12.8. The van der Waals surface area contributed by atoms with Crippen LogP contribution >= 0.6 is 11.3 Å². The third kappa shape index (κ3) is 4.61. The molecule has 0 saturated carbocycles. The van der Waals surface area contributed by atoms with Crippen LogP contribution in [0.4, 0.5) is 5.82 Å². The third-order valence-corrected chi connectivity index (χ3v) is 8.46. The highest BCUT2D eigenvalue weighted by atomic mass is 32.1. The summed E-state index contributed by atoms with van der Waals surface area (Å²) in [5.74, 6) is 3.22. The van der Waals surface area contributed by atoms with Crippen LogP contribution in [-0.4, -0.2) is 47.0 Å². The third-order valence-electron chi connectivity index (χ3n) is 7.32. The lowest BCUT2D eigenvalue weighted by molar-refractivity contribution is -0.126. The normalized spacial score (nSPS) is 19.6. The van der Waals surface area contributed by atoms with Crippen LogP contribution in [0.3, 0.4) is 0 Å². The fraction of sp³-hybridized carbons (Fsp3) is 0.464. The molecule has 2 aromatic heterocycles. The first-order chi connectivity index (χ1) is 16.5. The van der Waals surface area contributed by atoms with E-state index in [1.807, 2.05) is 52.6 Å². The molecule has 5 rings (SSSR count). The molecule has 1 aromatic carbocycles. The molecule has 1 saturated heterocycles. The number of aromatic nitrogens is 2. The van der Waals surface area contributed by atoms with Crippen molar-refractivity contribution in [2.75, 3.05) is 31.1 Å². The van der Waals surface area contributed by atoms with Gasteiger partial charge in [-0.3, -0.25) is 4.79 Å². The number of benzene rings is 1. The Hall–Kier alpha value is -2.73. The molecule has 6 heteroatoms. The van der Waals surface area contributed by atoms with Crippen LogP contribution in [0.1, 0.15) is 61.4 Å². The zero-order valence-electron chi connectivity index (χ0n) is 20.5. The molecule has 5 nitrogen and oxygen atoms in total. The molecule has 1 amide bonds. The molecule has 3 heterocycles. The molecule has 1 aliphatic heterocycles. The van der Waals surface area contributed by atoms with Gasteiger partial charge in [-0.15, -0.1) is 11.3 Å². The molecule has 1 fully saturated rings. The van der Waals surface area contributed by atoms with E-state index in [1.54, 1.807) is 6.08 Å². The van der Waals surface area contributed by atoms with Crippen LogP contribution in [0.2, 0.25) is 0 Å². The van der Waals surface area contributed by atoms with Crippen LogP contribution in [0.15, 0.2) is 36.4 Å². The Balaban J connectivity index is 1.39. The van der Waals surface area contributed by atoms with Gasteiger partial charge >= 0.3 is 0 Å². The molecule has 2 atom stereocenters. The fourth-order valence-electron chi connectivity index (χ4n) is 4.95. The van der Waals surface area contributed by atoms with E-state index in [0.29, 0.717) is 19.0 Å². The molecule has 0 radical (unpaired) electrons. The van der Waals surface area contributed by atoms with E-state index in [-0.39, 0.29) is 5.91 Å². The van der Waals surface area contributed by atoms with Crippen molar-refractivity contribution in [3.05, 3.63) is 58.2 Å². The minimum Gasteiger partial charge on any atom is -0.352 e. The van der Waals surface area contributed by atoms with E-state index >= 15 is 0 Å². The number of hydrogen-bond donors (Lipinski definition) is 0. The summed E-state index contributed by atoms with van der Waals surface area (Å²) >= 11 is 1.88. The second-order valence-corrected chi connectivity index (χ2v) is 10.9. The molecule has 0 bridgehead atoms. The summed E-state index contributed by atoms with van der Waals surface area (Å²) in [6.45, 7) is 9.81. The number of fused-ring (bicyclic) bond motifs is 3. The number of amides is 1. The van der Waals surface area contributed by atoms with Crippen LogP contribution < -0.4 is 4.90 Å². The second-order valence-electron chi connectivity index (χ2n) is 9.80. The number of carbonyl (C=O) groups excluding carboxylic acids is 1. The first-order valence-corrected chi connectivity index (χ1v) is 13.4. The molecule has 34 heavy (non-hydrogen) atoms. The van der Waals surface area contributed by atoms with Gasteiger partial charge in [0.2, 0.25) is 5.91 Å². The van der Waals surface area contributed by atoms with E-state index in [4.69, 9.17) is 9.97 Å². The molecule has 0 spiro atoms. The number of nitrogens with zero attached hydrogens (tertiary/aromatic N) is 4. The highest BCUT2D eigenvalue weighted by Gasteiger charge is 2.28. The maximum Gasteiger partial charge on any atom is 0.246 e. The first kappa shape index (κ1) is 23.0. The van der Waals surface area contributed by atoms with Gasteiger partial charge < -0.3 is 9.80 Å². The monoisotopic (exact) mass is 474 g/mol. The Morgan fingerprint density at radius 3 is 2.68 bits per heavy atom. The number of carbonyl (C=O) groups is 1. The summed E-state index contributed by atoms with van der Waals surface area (Å²) in [6, 6.07) is 9.99. The summed E-state index contributed by atoms with van der Waals surface area (Å²) in [4.78, 5) is 30.0. The SMILES string of the molecule is CCC(C)c1nc(N2CCN(C(=O)/C=C/c3ccccc3)CC2)c2c3c(sc2n1)CC(C)CC3. The fourth-order valence-corrected chi connectivity index (χ4v) is 6.33. The standard InChI is InChI=1S/C28H34N4OS/c1-4-20(3)26-29-27(25-22-12-10-19(2)18-23(22)34-28(25)30-26)32-16-14-31(15-17-32)24(33)13-11-21-8-6-5-7-9-21/h5-9,11,13,19-20H,4,10,12,14-18H2,1-3H3/b13-11+. The number of piperazine rings is 1. The van der Waals surface area contributed by atoms with Crippen LogP contribution in [0.5, 0.6) is 0 Å². The van der Waals surface area contributed by atoms with Gasteiger partial charge in [0.25, 0.3) is 0 Å². The molecular formula is C28H34N4OS. The minimum atomic E-state index is 0.0820. The molecule has 2 unspecified atom stereocenters.